The van der Waals surface area contributed by atoms with Crippen molar-refractivity contribution in [2.24, 2.45) is 5.92 Å². The van der Waals surface area contributed by atoms with E-state index >= 15 is 0 Å². The van der Waals surface area contributed by atoms with Crippen LogP contribution in [-0.2, 0) is 18.3 Å². The van der Waals surface area contributed by atoms with Gasteiger partial charge in [0.25, 0.3) is 5.69 Å². The summed E-state index contributed by atoms with van der Waals surface area (Å²) in [5, 5.41) is 35.8. The summed E-state index contributed by atoms with van der Waals surface area (Å²) in [4.78, 5) is 16.9. The number of nitrogens with one attached hydrogen (secondary N) is 1. The van der Waals surface area contributed by atoms with Gasteiger partial charge >= 0.3 is 0 Å². The van der Waals surface area contributed by atoms with Crippen LogP contribution >= 0.6 is 0 Å². The van der Waals surface area contributed by atoms with Gasteiger partial charge in [-0.2, -0.15) is 0 Å². The molecule has 3 aliphatic carbocycles. The van der Waals surface area contributed by atoms with Crippen LogP contribution in [0.5, 0.6) is 11.5 Å². The van der Waals surface area contributed by atoms with Gasteiger partial charge in [-0.3, -0.25) is 15.0 Å². The lowest BCUT2D eigenvalue weighted by atomic mass is 9.49. The van der Waals surface area contributed by atoms with Crippen LogP contribution in [0, 0.1) is 16.0 Å². The van der Waals surface area contributed by atoms with Crippen LogP contribution in [0.2, 0.25) is 0 Å². The monoisotopic (exact) mass is 459 g/mol. The zero-order chi connectivity index (χ0) is 23.0. The largest absolute Gasteiger partial charge is 0.504 e. The fourth-order valence-corrected chi connectivity index (χ4v) is 7.73. The normalized spacial score (nSPS) is 32.9. The Morgan fingerprint density at radius 1 is 1.26 bits per heavy atom. The number of aromatic hydroxyl groups is 1. The third kappa shape index (κ3) is 2.08. The molecule has 0 radical (unpaired) electrons. The van der Waals surface area contributed by atoms with E-state index in [0.717, 1.165) is 59.6 Å². The number of benzene rings is 2. The minimum atomic E-state index is -1.05. The minimum Gasteiger partial charge on any atom is -0.504 e. The number of rotatable bonds is 3. The smallest absolute Gasteiger partial charge is 0.271 e. The van der Waals surface area contributed by atoms with Crippen molar-refractivity contribution >= 4 is 16.6 Å². The predicted molar refractivity (Wildman–Crippen MR) is 123 cm³/mol. The molecule has 2 fully saturated rings. The number of phenolic OH excluding ortho intramolecular Hbond substituents is 1. The zero-order valence-corrected chi connectivity index (χ0v) is 18.6. The molecule has 1 spiro atoms. The maximum Gasteiger partial charge on any atom is 0.271 e. The summed E-state index contributed by atoms with van der Waals surface area (Å²) in [5.74, 6) is 1.32. The second kappa shape index (κ2) is 5.93. The molecule has 5 aliphatic rings. The molecule has 3 heterocycles. The number of hydrogen-bond donors (Lipinski definition) is 3. The van der Waals surface area contributed by atoms with Crippen molar-refractivity contribution in [2.45, 2.75) is 55.3 Å². The molecule has 8 nitrogen and oxygen atoms in total. The van der Waals surface area contributed by atoms with Crippen molar-refractivity contribution in [3.63, 3.8) is 0 Å². The molecule has 3 aromatic rings. The number of hydrogen-bond acceptors (Lipinski definition) is 6. The van der Waals surface area contributed by atoms with Crippen molar-refractivity contribution in [3.8, 4) is 11.5 Å². The number of likely N-dealkylation sites (tertiary alicyclic amines) is 1. The molecule has 0 unspecified atom stereocenters. The van der Waals surface area contributed by atoms with Gasteiger partial charge in [0.05, 0.1) is 27.1 Å². The van der Waals surface area contributed by atoms with Crippen LogP contribution in [0.4, 0.5) is 5.69 Å². The molecule has 4 atom stereocenters. The molecule has 3 N–H and O–H groups in total. The Hall–Kier alpha value is -3.10. The first-order valence-electron chi connectivity index (χ1n) is 12.2. The highest BCUT2D eigenvalue weighted by Crippen LogP contribution is 2.69. The minimum absolute atomic E-state index is 0.0327. The van der Waals surface area contributed by atoms with Gasteiger partial charge in [-0.1, -0.05) is 6.07 Å². The Balaban J connectivity index is 1.39. The number of nitrogens with zero attached hydrogens (tertiary/aromatic N) is 2. The van der Waals surface area contributed by atoms with Crippen molar-refractivity contribution in [1.29, 1.82) is 0 Å². The Morgan fingerprint density at radius 3 is 2.91 bits per heavy atom. The summed E-state index contributed by atoms with van der Waals surface area (Å²) in [6, 6.07) is 8.56. The number of non-ortho nitro benzene ring substituents is 1. The summed E-state index contributed by atoms with van der Waals surface area (Å²) in [5.41, 5.74) is 2.98. The number of nitro benzene ring substituents is 1. The molecule has 2 bridgehead atoms. The van der Waals surface area contributed by atoms with Gasteiger partial charge in [-0.15, -0.1) is 0 Å². The van der Waals surface area contributed by atoms with E-state index in [2.05, 4.69) is 9.88 Å². The van der Waals surface area contributed by atoms with Crippen LogP contribution in [-0.4, -0.2) is 49.8 Å². The maximum absolute atomic E-state index is 12.7. The number of nitro groups is 1. The lowest BCUT2D eigenvalue weighted by molar-refractivity contribution is -0.384. The maximum atomic E-state index is 12.7. The lowest BCUT2D eigenvalue weighted by Crippen LogP contribution is -2.74. The number of aliphatic hydroxyl groups is 1. The molecule has 1 saturated heterocycles. The Kier molecular flexibility index (Phi) is 3.35. The molecule has 1 saturated carbocycles. The molecule has 174 valence electrons. The van der Waals surface area contributed by atoms with E-state index in [0.29, 0.717) is 17.7 Å². The van der Waals surface area contributed by atoms with Gasteiger partial charge in [-0.05, 0) is 61.4 Å². The molecule has 8 heteroatoms. The van der Waals surface area contributed by atoms with Crippen LogP contribution in [0.3, 0.4) is 0 Å². The van der Waals surface area contributed by atoms with E-state index in [1.165, 1.54) is 18.9 Å². The van der Waals surface area contributed by atoms with Crippen molar-refractivity contribution < 1.29 is 19.9 Å². The average molecular weight is 460 g/mol. The van der Waals surface area contributed by atoms with E-state index in [1.54, 1.807) is 18.2 Å². The van der Waals surface area contributed by atoms with Crippen molar-refractivity contribution in [3.05, 3.63) is 62.8 Å². The summed E-state index contributed by atoms with van der Waals surface area (Å²) < 4.78 is 6.54. The van der Waals surface area contributed by atoms with E-state index in [1.807, 2.05) is 6.07 Å². The van der Waals surface area contributed by atoms with Gasteiger partial charge in [0.2, 0.25) is 0 Å². The summed E-state index contributed by atoms with van der Waals surface area (Å²) in [6.07, 6.45) is 3.99. The first kappa shape index (κ1) is 19.2. The molecular weight excluding hydrogens is 434 g/mol. The van der Waals surface area contributed by atoms with E-state index < -0.39 is 17.1 Å². The van der Waals surface area contributed by atoms with E-state index in [4.69, 9.17) is 4.74 Å². The molecule has 0 amide bonds. The Labute approximate surface area is 195 Å². The van der Waals surface area contributed by atoms with Crippen LogP contribution < -0.4 is 4.74 Å². The van der Waals surface area contributed by atoms with Crippen molar-refractivity contribution in [1.82, 2.24) is 9.88 Å². The second-order valence-electron chi connectivity index (χ2n) is 10.9. The Morgan fingerprint density at radius 2 is 2.12 bits per heavy atom. The molecule has 1 aromatic heterocycles. The molecule has 2 aromatic carbocycles. The first-order valence-corrected chi connectivity index (χ1v) is 12.2. The number of fused-ring (bicyclic) bond motifs is 4. The average Bonchev–Trinajstić information content (AvgIpc) is 3.45. The quantitative estimate of drug-likeness (QED) is 0.408. The molecule has 8 rings (SSSR count). The van der Waals surface area contributed by atoms with E-state index in [9.17, 15) is 20.3 Å². The third-order valence-electron chi connectivity index (χ3n) is 9.36. The number of ether oxygens (including phenoxy) is 1. The fourth-order valence-electron chi connectivity index (χ4n) is 7.73. The van der Waals surface area contributed by atoms with E-state index in [-0.39, 0.29) is 22.4 Å². The SMILES string of the molecule is O=[N+]([O-])c1ccc2c3c([nH]c2c1)[C@@H]1Oc2c(O)ccc4c2[C@@]12CCN(CC1CC1)[C@@H](C4)[C@]2(O)C3. The standard InChI is InChI=1S/C26H25N3O5/c30-19-6-3-14-9-20-26(31)11-17-16-5-4-15(29(32)33)10-18(16)27-22(17)24-25(26,21(14)23(19)34-24)7-8-28(20)12-13-1-2-13/h3-6,10,13,20,24,27,30-31H,1-2,7-9,11-12H2/t20-,24-,25-,26+/m0/s1. The predicted octanol–water partition coefficient (Wildman–Crippen LogP) is 3.48. The number of aromatic amines is 1. The molecule has 2 aliphatic heterocycles. The third-order valence-corrected chi connectivity index (χ3v) is 9.36. The fraction of sp³-hybridized carbons (Fsp3) is 0.462. The number of H-pyrrole nitrogens is 1. The van der Waals surface area contributed by atoms with Gasteiger partial charge in [0.15, 0.2) is 17.6 Å². The highest BCUT2D eigenvalue weighted by molar-refractivity contribution is 5.88. The summed E-state index contributed by atoms with van der Waals surface area (Å²) in [6.45, 7) is 1.90. The second-order valence-corrected chi connectivity index (χ2v) is 10.9. The van der Waals surface area contributed by atoms with Gasteiger partial charge in [0.1, 0.15) is 0 Å². The number of piperidine rings is 1. The topological polar surface area (TPSA) is 112 Å². The van der Waals surface area contributed by atoms with Crippen molar-refractivity contribution in [2.75, 3.05) is 13.1 Å². The van der Waals surface area contributed by atoms with Crippen LogP contribution in [0.15, 0.2) is 30.3 Å². The molecule has 34 heavy (non-hydrogen) atoms. The van der Waals surface area contributed by atoms with Gasteiger partial charge in [-0.25, -0.2) is 0 Å². The van der Waals surface area contributed by atoms with Crippen LogP contribution in [0.1, 0.15) is 47.8 Å². The first-order chi connectivity index (χ1) is 16.4. The summed E-state index contributed by atoms with van der Waals surface area (Å²) >= 11 is 0. The van der Waals surface area contributed by atoms with Gasteiger partial charge in [0, 0.05) is 42.1 Å². The molecular formula is C26H25N3O5. The summed E-state index contributed by atoms with van der Waals surface area (Å²) in [7, 11) is 0. The Bertz CT molecular complexity index is 1430. The van der Waals surface area contributed by atoms with Crippen LogP contribution in [0.25, 0.3) is 10.9 Å². The highest BCUT2D eigenvalue weighted by atomic mass is 16.6. The highest BCUT2D eigenvalue weighted by Gasteiger charge is 2.72. The van der Waals surface area contributed by atoms with Gasteiger partial charge < -0.3 is 19.9 Å². The number of aromatic nitrogens is 1. The zero-order valence-electron chi connectivity index (χ0n) is 18.6. The lowest BCUT2D eigenvalue weighted by Gasteiger charge is -2.62. The number of phenols is 1.